The average Bonchev–Trinajstić information content (AvgIpc) is 2.69. The van der Waals surface area contributed by atoms with Crippen molar-refractivity contribution in [3.8, 4) is 0 Å². The van der Waals surface area contributed by atoms with Gasteiger partial charge in [-0.15, -0.1) is 11.3 Å². The van der Waals surface area contributed by atoms with Crippen LogP contribution in [0.4, 0.5) is 5.69 Å². The second-order valence-electron chi connectivity index (χ2n) is 5.69. The van der Waals surface area contributed by atoms with Crippen LogP contribution in [0.3, 0.4) is 0 Å². The van der Waals surface area contributed by atoms with Crippen molar-refractivity contribution >= 4 is 33.0 Å². The largest absolute Gasteiger partial charge is 0.397 e. The van der Waals surface area contributed by atoms with E-state index in [1.807, 2.05) is 19.1 Å². The highest BCUT2D eigenvalue weighted by Gasteiger charge is 2.19. The minimum atomic E-state index is -0.0272. The first-order valence-corrected chi connectivity index (χ1v) is 8.03. The van der Waals surface area contributed by atoms with E-state index in [0.717, 1.165) is 29.0 Å². The van der Waals surface area contributed by atoms with Crippen molar-refractivity contribution in [1.82, 2.24) is 5.32 Å². The van der Waals surface area contributed by atoms with Crippen LogP contribution in [-0.2, 0) is 0 Å². The van der Waals surface area contributed by atoms with Crippen LogP contribution in [0.1, 0.15) is 40.9 Å². The Hall–Kier alpha value is -1.55. The third kappa shape index (κ3) is 2.52. The molecule has 1 aromatic heterocycles. The zero-order valence-electron chi connectivity index (χ0n) is 11.7. The molecule has 1 aromatic carbocycles. The van der Waals surface area contributed by atoms with Crippen molar-refractivity contribution in [3.05, 3.63) is 28.6 Å². The normalized spacial score (nSPS) is 15.2. The molecule has 1 aliphatic carbocycles. The first-order chi connectivity index (χ1) is 9.65. The van der Waals surface area contributed by atoms with Crippen molar-refractivity contribution in [2.45, 2.75) is 32.6 Å². The van der Waals surface area contributed by atoms with Gasteiger partial charge in [-0.3, -0.25) is 4.79 Å². The number of fused-ring (bicyclic) bond motifs is 1. The monoisotopic (exact) mass is 288 g/mol. The highest BCUT2D eigenvalue weighted by molar-refractivity contribution is 7.21. The molecule has 1 heterocycles. The van der Waals surface area contributed by atoms with Gasteiger partial charge in [0, 0.05) is 16.6 Å². The van der Waals surface area contributed by atoms with Gasteiger partial charge in [-0.2, -0.15) is 0 Å². The van der Waals surface area contributed by atoms with Crippen LogP contribution in [0, 0.1) is 12.8 Å². The smallest absolute Gasteiger partial charge is 0.263 e. The molecule has 0 radical (unpaired) electrons. The van der Waals surface area contributed by atoms with Crippen LogP contribution in [0.15, 0.2) is 18.2 Å². The molecule has 2 aromatic rings. The number of carbonyl (C=O) groups is 1. The molecule has 1 fully saturated rings. The average molecular weight is 288 g/mol. The number of thiophene rings is 1. The zero-order chi connectivity index (χ0) is 14.1. The van der Waals surface area contributed by atoms with Gasteiger partial charge in [0.2, 0.25) is 0 Å². The molecule has 3 rings (SSSR count). The summed E-state index contributed by atoms with van der Waals surface area (Å²) in [5.74, 6) is 0.790. The fourth-order valence-electron chi connectivity index (χ4n) is 2.64. The van der Waals surface area contributed by atoms with E-state index >= 15 is 0 Å². The number of benzene rings is 1. The van der Waals surface area contributed by atoms with Crippen molar-refractivity contribution in [2.75, 3.05) is 12.3 Å². The lowest BCUT2D eigenvalue weighted by molar-refractivity contribution is 0.0954. The molecule has 1 amide bonds. The lowest BCUT2D eigenvalue weighted by Gasteiger charge is -2.25. The maximum Gasteiger partial charge on any atom is 0.263 e. The summed E-state index contributed by atoms with van der Waals surface area (Å²) in [6.45, 7) is 2.81. The van der Waals surface area contributed by atoms with Crippen molar-refractivity contribution < 1.29 is 4.79 Å². The number of nitrogens with one attached hydrogen (secondary N) is 1. The SMILES string of the molecule is Cc1ccc2c(N)c(C(=O)NCCC3CCC3)sc2c1. The molecule has 1 aliphatic rings. The Morgan fingerprint density at radius 3 is 2.95 bits per heavy atom. The van der Waals surface area contributed by atoms with Gasteiger partial charge in [0.15, 0.2) is 0 Å². The van der Waals surface area contributed by atoms with E-state index in [4.69, 9.17) is 5.73 Å². The summed E-state index contributed by atoms with van der Waals surface area (Å²) >= 11 is 1.49. The number of hydrogen-bond acceptors (Lipinski definition) is 3. The molecular weight excluding hydrogens is 268 g/mol. The highest BCUT2D eigenvalue weighted by Crippen LogP contribution is 2.34. The number of nitrogen functional groups attached to an aromatic ring is 1. The summed E-state index contributed by atoms with van der Waals surface area (Å²) in [6, 6.07) is 6.12. The summed E-state index contributed by atoms with van der Waals surface area (Å²) in [5.41, 5.74) is 7.92. The summed E-state index contributed by atoms with van der Waals surface area (Å²) in [6.07, 6.45) is 5.08. The summed E-state index contributed by atoms with van der Waals surface area (Å²) in [7, 11) is 0. The van der Waals surface area contributed by atoms with Crippen LogP contribution < -0.4 is 11.1 Å². The fraction of sp³-hybridized carbons (Fsp3) is 0.438. The van der Waals surface area contributed by atoms with Crippen LogP contribution in [0.5, 0.6) is 0 Å². The molecule has 0 spiro atoms. The first kappa shape index (κ1) is 13.4. The topological polar surface area (TPSA) is 55.1 Å². The van der Waals surface area contributed by atoms with E-state index < -0.39 is 0 Å². The standard InChI is InChI=1S/C16H20N2OS/c1-10-5-6-12-13(9-10)20-15(14(12)17)16(19)18-8-7-11-3-2-4-11/h5-6,9,11H,2-4,7-8,17H2,1H3,(H,18,19). The Morgan fingerprint density at radius 2 is 2.25 bits per heavy atom. The number of carbonyl (C=O) groups excluding carboxylic acids is 1. The van der Waals surface area contributed by atoms with Crippen molar-refractivity contribution in [2.24, 2.45) is 5.92 Å². The molecule has 0 aliphatic heterocycles. The van der Waals surface area contributed by atoms with Gasteiger partial charge >= 0.3 is 0 Å². The predicted octanol–water partition coefficient (Wildman–Crippen LogP) is 3.71. The quantitative estimate of drug-likeness (QED) is 0.901. The Balaban J connectivity index is 1.71. The first-order valence-electron chi connectivity index (χ1n) is 7.22. The van der Waals surface area contributed by atoms with Gasteiger partial charge in [-0.1, -0.05) is 31.4 Å². The molecule has 0 unspecified atom stereocenters. The van der Waals surface area contributed by atoms with Gasteiger partial charge < -0.3 is 11.1 Å². The summed E-state index contributed by atoms with van der Waals surface area (Å²) in [4.78, 5) is 12.9. The fourth-order valence-corrected chi connectivity index (χ4v) is 3.78. The van der Waals surface area contributed by atoms with E-state index in [1.165, 1.54) is 36.2 Å². The molecule has 1 saturated carbocycles. The Labute approximate surface area is 123 Å². The van der Waals surface area contributed by atoms with E-state index in [2.05, 4.69) is 11.4 Å². The molecule has 106 valence electrons. The maximum absolute atomic E-state index is 12.2. The maximum atomic E-state index is 12.2. The number of anilines is 1. The molecular formula is C16H20N2OS. The minimum Gasteiger partial charge on any atom is -0.397 e. The summed E-state index contributed by atoms with van der Waals surface area (Å²) in [5, 5.41) is 4.00. The van der Waals surface area contributed by atoms with Crippen LogP contribution >= 0.6 is 11.3 Å². The number of nitrogens with two attached hydrogens (primary N) is 1. The second kappa shape index (κ2) is 5.44. The van der Waals surface area contributed by atoms with Gasteiger partial charge in [0.05, 0.1) is 5.69 Å². The molecule has 20 heavy (non-hydrogen) atoms. The van der Waals surface area contributed by atoms with Gasteiger partial charge in [-0.05, 0) is 30.9 Å². The van der Waals surface area contributed by atoms with Crippen LogP contribution in [0.25, 0.3) is 10.1 Å². The Bertz CT molecular complexity index is 643. The van der Waals surface area contributed by atoms with Crippen LogP contribution in [0.2, 0.25) is 0 Å². The number of hydrogen-bond donors (Lipinski definition) is 2. The Morgan fingerprint density at radius 1 is 1.45 bits per heavy atom. The van der Waals surface area contributed by atoms with Gasteiger partial charge in [0.1, 0.15) is 4.88 Å². The van der Waals surface area contributed by atoms with Gasteiger partial charge in [-0.25, -0.2) is 0 Å². The summed E-state index contributed by atoms with van der Waals surface area (Å²) < 4.78 is 1.09. The molecule has 0 atom stereocenters. The lowest BCUT2D eigenvalue weighted by Crippen LogP contribution is -2.27. The van der Waals surface area contributed by atoms with E-state index in [-0.39, 0.29) is 5.91 Å². The molecule has 0 saturated heterocycles. The third-order valence-electron chi connectivity index (χ3n) is 4.15. The number of rotatable bonds is 4. The minimum absolute atomic E-state index is 0.0272. The van der Waals surface area contributed by atoms with E-state index in [1.54, 1.807) is 0 Å². The van der Waals surface area contributed by atoms with E-state index in [0.29, 0.717) is 10.6 Å². The Kier molecular flexibility index (Phi) is 3.66. The molecule has 3 nitrogen and oxygen atoms in total. The third-order valence-corrected chi connectivity index (χ3v) is 5.32. The molecule has 0 bridgehead atoms. The van der Waals surface area contributed by atoms with E-state index in [9.17, 15) is 4.79 Å². The van der Waals surface area contributed by atoms with Crippen molar-refractivity contribution in [3.63, 3.8) is 0 Å². The lowest BCUT2D eigenvalue weighted by atomic mass is 9.83. The van der Waals surface area contributed by atoms with Crippen molar-refractivity contribution in [1.29, 1.82) is 0 Å². The molecule has 4 heteroatoms. The zero-order valence-corrected chi connectivity index (χ0v) is 12.6. The molecule has 3 N–H and O–H groups in total. The predicted molar refractivity (Wildman–Crippen MR) is 85.3 cm³/mol. The second-order valence-corrected chi connectivity index (χ2v) is 6.74. The van der Waals surface area contributed by atoms with Crippen LogP contribution in [-0.4, -0.2) is 12.5 Å². The highest BCUT2D eigenvalue weighted by atomic mass is 32.1. The van der Waals surface area contributed by atoms with Gasteiger partial charge in [0.25, 0.3) is 5.91 Å². The number of aryl methyl sites for hydroxylation is 1. The number of amides is 1.